The molecular weight excluding hydrogens is 400 g/mol. The fraction of sp³-hybridized carbons (Fsp3) is 0.259. The first-order chi connectivity index (χ1) is 15.2. The summed E-state index contributed by atoms with van der Waals surface area (Å²) in [5.74, 6) is -0.169. The van der Waals surface area contributed by atoms with Crippen molar-refractivity contribution in [2.45, 2.75) is 40.5 Å². The van der Waals surface area contributed by atoms with Gasteiger partial charge in [0.2, 0.25) is 0 Å². The molecule has 3 N–H and O–H groups in total. The van der Waals surface area contributed by atoms with Crippen LogP contribution < -0.4 is 10.7 Å². The van der Waals surface area contributed by atoms with E-state index in [0.717, 1.165) is 45.4 Å². The number of carboxylic acids is 1. The van der Waals surface area contributed by atoms with E-state index in [1.54, 1.807) is 12.1 Å². The number of aromatic carboxylic acids is 1. The average molecular weight is 429 g/mol. The van der Waals surface area contributed by atoms with E-state index in [9.17, 15) is 9.90 Å². The Morgan fingerprint density at radius 2 is 1.81 bits per heavy atom. The lowest BCUT2D eigenvalue weighted by Gasteiger charge is -2.20. The molecule has 0 amide bonds. The molecule has 0 radical (unpaired) electrons. The van der Waals surface area contributed by atoms with E-state index in [-0.39, 0.29) is 11.5 Å². The van der Waals surface area contributed by atoms with Crippen molar-refractivity contribution in [2.24, 2.45) is 0 Å². The van der Waals surface area contributed by atoms with Crippen LogP contribution >= 0.6 is 0 Å². The van der Waals surface area contributed by atoms with Gasteiger partial charge in [0.1, 0.15) is 11.3 Å². The number of fused-ring (bicyclic) bond motifs is 2. The molecule has 0 saturated carbocycles. The van der Waals surface area contributed by atoms with Crippen LogP contribution in [-0.4, -0.2) is 17.6 Å². The minimum absolute atomic E-state index is 0.222. The molecule has 1 heterocycles. The third-order valence-electron chi connectivity index (χ3n) is 5.99. The van der Waals surface area contributed by atoms with Crippen molar-refractivity contribution in [1.82, 2.24) is 0 Å². The summed E-state index contributed by atoms with van der Waals surface area (Å²) in [6.45, 7) is 10.8. The van der Waals surface area contributed by atoms with Gasteiger partial charge >= 0.3 is 5.97 Å². The van der Waals surface area contributed by atoms with Crippen molar-refractivity contribution in [3.63, 3.8) is 0 Å². The molecule has 2 aromatic rings. The largest absolute Gasteiger partial charge is 0.478 e. The monoisotopic (exact) mass is 428 g/mol. The lowest BCUT2D eigenvalue weighted by molar-refractivity contribution is 0.0697. The molecule has 0 unspecified atom stereocenters. The first-order valence-corrected chi connectivity index (χ1v) is 10.9. The Balaban J connectivity index is 2.18. The number of benzene rings is 3. The van der Waals surface area contributed by atoms with Crippen molar-refractivity contribution in [3.05, 3.63) is 70.1 Å². The molecule has 0 saturated heterocycles. The third kappa shape index (κ3) is 3.64. The van der Waals surface area contributed by atoms with Gasteiger partial charge in [-0.25, -0.2) is 4.79 Å². The van der Waals surface area contributed by atoms with E-state index in [2.05, 4.69) is 25.2 Å². The van der Waals surface area contributed by atoms with Crippen molar-refractivity contribution >= 4 is 22.6 Å². The number of hydrogen-bond donors (Lipinski definition) is 3. The van der Waals surface area contributed by atoms with Crippen molar-refractivity contribution in [3.8, 4) is 22.5 Å². The van der Waals surface area contributed by atoms with Gasteiger partial charge in [-0.15, -0.1) is 0 Å². The van der Waals surface area contributed by atoms with Crippen LogP contribution in [0.15, 0.2) is 46.9 Å². The maximum atomic E-state index is 12.3. The summed E-state index contributed by atoms with van der Waals surface area (Å²) in [6.07, 6.45) is 0. The van der Waals surface area contributed by atoms with E-state index < -0.39 is 5.97 Å². The van der Waals surface area contributed by atoms with Crippen LogP contribution in [0, 0.1) is 19.3 Å². The highest BCUT2D eigenvalue weighted by atomic mass is 16.4. The number of carbonyl (C=O) groups is 1. The fourth-order valence-electron chi connectivity index (χ4n) is 4.19. The highest BCUT2D eigenvalue weighted by molar-refractivity contribution is 6.08. The van der Waals surface area contributed by atoms with Crippen molar-refractivity contribution in [2.75, 3.05) is 11.9 Å². The summed E-state index contributed by atoms with van der Waals surface area (Å²) >= 11 is 0. The molecule has 2 aliphatic rings. The summed E-state index contributed by atoms with van der Waals surface area (Å²) in [5.41, 5.74) is 7.03. The number of nitrogens with one attached hydrogen (secondary N) is 2. The van der Waals surface area contributed by atoms with Gasteiger partial charge in [-0.3, -0.25) is 0 Å². The topological polar surface area (TPSA) is 86.3 Å². The second-order valence-electron chi connectivity index (χ2n) is 8.60. The molecular formula is C27H28N2O3. The summed E-state index contributed by atoms with van der Waals surface area (Å²) in [6, 6.07) is 13.3. The number of anilines is 1. The average Bonchev–Trinajstić information content (AvgIpc) is 2.74. The number of rotatable bonds is 5. The van der Waals surface area contributed by atoms with Gasteiger partial charge in [0.25, 0.3) is 0 Å². The van der Waals surface area contributed by atoms with E-state index in [4.69, 9.17) is 9.83 Å². The predicted octanol–water partition coefficient (Wildman–Crippen LogP) is 6.55. The maximum absolute atomic E-state index is 12.3. The lowest BCUT2D eigenvalue weighted by Crippen LogP contribution is -2.08. The van der Waals surface area contributed by atoms with E-state index in [1.807, 2.05) is 45.0 Å². The van der Waals surface area contributed by atoms with Gasteiger partial charge < -0.3 is 20.2 Å². The number of hydrogen-bond acceptors (Lipinski definition) is 4. The Morgan fingerprint density at radius 3 is 2.47 bits per heavy atom. The zero-order valence-electron chi connectivity index (χ0n) is 19.1. The Labute approximate surface area is 187 Å². The minimum atomic E-state index is -0.959. The second-order valence-corrected chi connectivity index (χ2v) is 8.60. The molecule has 1 aliphatic carbocycles. The predicted molar refractivity (Wildman–Crippen MR) is 129 cm³/mol. The number of carboxylic acid groups (broad SMARTS) is 1. The summed E-state index contributed by atoms with van der Waals surface area (Å²) < 4.78 is 6.24. The Bertz CT molecular complexity index is 1380. The van der Waals surface area contributed by atoms with Gasteiger partial charge in [-0.05, 0) is 67.1 Å². The second kappa shape index (κ2) is 8.15. The summed E-state index contributed by atoms with van der Waals surface area (Å²) in [4.78, 5) is 12.3. The molecule has 0 aromatic heterocycles. The molecule has 5 heteroatoms. The Hall–Kier alpha value is -3.60. The summed E-state index contributed by atoms with van der Waals surface area (Å²) in [7, 11) is 0. The van der Waals surface area contributed by atoms with E-state index in [0.29, 0.717) is 22.3 Å². The molecule has 0 bridgehead atoms. The fourth-order valence-corrected chi connectivity index (χ4v) is 4.19. The Morgan fingerprint density at radius 1 is 1.06 bits per heavy atom. The normalized spacial score (nSPS) is 11.4. The minimum Gasteiger partial charge on any atom is -0.478 e. The molecule has 32 heavy (non-hydrogen) atoms. The number of aryl methyl sites for hydroxylation is 2. The highest BCUT2D eigenvalue weighted by Gasteiger charge is 2.23. The van der Waals surface area contributed by atoms with Crippen LogP contribution in [0.3, 0.4) is 0 Å². The van der Waals surface area contributed by atoms with Crippen LogP contribution in [0.5, 0.6) is 0 Å². The first kappa shape index (κ1) is 21.6. The van der Waals surface area contributed by atoms with E-state index in [1.165, 1.54) is 0 Å². The quantitative estimate of drug-likeness (QED) is 0.314. The molecule has 0 fully saturated rings. The molecule has 2 aromatic carbocycles. The smallest absolute Gasteiger partial charge is 0.336 e. The zero-order chi connectivity index (χ0) is 23.2. The van der Waals surface area contributed by atoms with Gasteiger partial charge in [0, 0.05) is 40.9 Å². The van der Waals surface area contributed by atoms with Gasteiger partial charge in [-0.1, -0.05) is 26.0 Å². The van der Waals surface area contributed by atoms with Gasteiger partial charge in [0.15, 0.2) is 0 Å². The SMILES string of the molecule is CCNc1cc2oc3cc(=N)c(C)cc-3c(-c3ccc(C(C)C)cc3C(=O)O)c2cc1C. The van der Waals surface area contributed by atoms with Crippen LogP contribution in [0.4, 0.5) is 5.69 Å². The van der Waals surface area contributed by atoms with E-state index >= 15 is 0 Å². The van der Waals surface area contributed by atoms with Crippen LogP contribution in [0.1, 0.15) is 53.7 Å². The lowest BCUT2D eigenvalue weighted by atomic mass is 9.87. The molecule has 4 rings (SSSR count). The van der Waals surface area contributed by atoms with Gasteiger partial charge in [0.05, 0.1) is 10.9 Å². The zero-order valence-corrected chi connectivity index (χ0v) is 19.1. The first-order valence-electron chi connectivity index (χ1n) is 10.9. The molecule has 0 spiro atoms. The highest BCUT2D eigenvalue weighted by Crippen LogP contribution is 2.43. The molecule has 0 atom stereocenters. The van der Waals surface area contributed by atoms with Crippen LogP contribution in [-0.2, 0) is 0 Å². The van der Waals surface area contributed by atoms with Crippen LogP contribution in [0.25, 0.3) is 33.4 Å². The molecule has 5 nitrogen and oxygen atoms in total. The van der Waals surface area contributed by atoms with Crippen molar-refractivity contribution in [1.29, 1.82) is 5.41 Å². The molecule has 164 valence electrons. The third-order valence-corrected chi connectivity index (χ3v) is 5.99. The summed E-state index contributed by atoms with van der Waals surface area (Å²) in [5, 5.41) is 22.9. The van der Waals surface area contributed by atoms with Crippen molar-refractivity contribution < 1.29 is 14.3 Å². The van der Waals surface area contributed by atoms with Crippen LogP contribution in [0.2, 0.25) is 0 Å². The maximum Gasteiger partial charge on any atom is 0.336 e. The molecule has 1 aliphatic heterocycles. The Kier molecular flexibility index (Phi) is 5.51. The standard InChI is InChI=1S/C27H28N2O3/c1-6-29-23-13-25-21(10-16(23)5)26(20-9-15(4)22(28)12-24(20)32-25)18-8-7-17(14(2)3)11-19(18)27(30)31/h7-14,28-29H,6H2,1-5H3,(H,30,31). The van der Waals surface area contributed by atoms with Gasteiger partial charge in [-0.2, -0.15) is 0 Å².